The number of nitriles is 3. The van der Waals surface area contributed by atoms with Crippen molar-refractivity contribution in [3.63, 3.8) is 0 Å². The Bertz CT molecular complexity index is 2360. The second kappa shape index (κ2) is 9.20. The predicted octanol–water partition coefficient (Wildman–Crippen LogP) is 9.53. The fourth-order valence-electron chi connectivity index (χ4n) is 6.37. The summed E-state index contributed by atoms with van der Waals surface area (Å²) in [6, 6.07) is 28.4. The molecule has 8 heteroatoms. The van der Waals surface area contributed by atoms with Crippen LogP contribution in [0.1, 0.15) is 20.9 Å². The smallest absolute Gasteiger partial charge is 0.138 e. The lowest BCUT2D eigenvalue weighted by atomic mass is 9.97. The minimum atomic E-state index is 0.0785. The van der Waals surface area contributed by atoms with Crippen LogP contribution in [0, 0.1) is 34.0 Å². The van der Waals surface area contributed by atoms with Crippen LogP contribution in [0.5, 0.6) is 0 Å². The third kappa shape index (κ3) is 3.46. The number of rotatable bonds is 3. The van der Waals surface area contributed by atoms with Crippen molar-refractivity contribution in [2.75, 3.05) is 6.54 Å². The molecule has 1 atom stereocenters. The van der Waals surface area contributed by atoms with E-state index in [2.05, 4.69) is 88.9 Å². The number of thiophene rings is 4. The molecule has 5 heterocycles. The lowest BCUT2D eigenvalue weighted by Crippen LogP contribution is -1.98. The second-order valence-electron chi connectivity index (χ2n) is 10.6. The first kappa shape index (κ1) is 25.0. The fraction of sp³-hybridized carbons (Fsp3) is 0.0571. The highest BCUT2D eigenvalue weighted by Crippen LogP contribution is 2.62. The monoisotopic (exact) mass is 620 g/mol. The number of benzene rings is 2. The maximum atomic E-state index is 10.4. The van der Waals surface area contributed by atoms with E-state index in [0.29, 0.717) is 0 Å². The highest BCUT2D eigenvalue weighted by Gasteiger charge is 2.39. The molecule has 2 aromatic carbocycles. The van der Waals surface area contributed by atoms with E-state index >= 15 is 0 Å². The zero-order chi connectivity index (χ0) is 28.8. The van der Waals surface area contributed by atoms with E-state index < -0.39 is 0 Å². The first-order valence-electron chi connectivity index (χ1n) is 13.6. The molecular formula is C35H16N4S4. The molecule has 4 nitrogen and oxygen atoms in total. The number of hydrogen-bond donors (Lipinski definition) is 1. The van der Waals surface area contributed by atoms with Gasteiger partial charge in [0.25, 0.3) is 0 Å². The molecule has 0 bridgehead atoms. The quantitative estimate of drug-likeness (QED) is 0.157. The van der Waals surface area contributed by atoms with E-state index in [-0.39, 0.29) is 11.6 Å². The molecule has 9 rings (SSSR count). The maximum Gasteiger partial charge on any atom is 0.138 e. The normalized spacial score (nSPS) is 16.6. The van der Waals surface area contributed by atoms with Gasteiger partial charge in [-0.15, -0.1) is 45.3 Å². The molecule has 6 aromatic rings. The van der Waals surface area contributed by atoms with Gasteiger partial charge in [-0.2, -0.15) is 15.8 Å². The van der Waals surface area contributed by atoms with E-state index in [0.717, 1.165) is 86.2 Å². The summed E-state index contributed by atoms with van der Waals surface area (Å²) in [5.41, 5.74) is 11.5. The minimum absolute atomic E-state index is 0.0785. The standard InChI is InChI=1S/C35H16N4S4/c36-13-19(14-37)28-22-11-17(26-3-1-9-40-26)5-7-20(22)30-32(28)42-35-31-21-8-6-18(27-4-2-10-41-27)12-23(21)29(33(31)43-34(30)35)24(15-38)25-16-39-25/h1-12,25,39H,16H2/b29-24+. The van der Waals surface area contributed by atoms with E-state index in [9.17, 15) is 15.8 Å². The summed E-state index contributed by atoms with van der Waals surface area (Å²) in [5.74, 6) is 0. The Hall–Kier alpha value is -4.59. The molecular weight excluding hydrogens is 605 g/mol. The van der Waals surface area contributed by atoms with E-state index in [1.165, 1.54) is 10.4 Å². The van der Waals surface area contributed by atoms with Crippen molar-refractivity contribution in [1.82, 2.24) is 5.32 Å². The second-order valence-corrected chi connectivity index (χ2v) is 14.5. The Balaban J connectivity index is 1.33. The molecule has 43 heavy (non-hydrogen) atoms. The van der Waals surface area contributed by atoms with Crippen LogP contribution >= 0.6 is 45.3 Å². The van der Waals surface area contributed by atoms with Crippen LogP contribution in [0.4, 0.5) is 0 Å². The fourth-order valence-corrected chi connectivity index (χ4v) is 10.9. The van der Waals surface area contributed by atoms with Gasteiger partial charge in [0.05, 0.1) is 27.1 Å². The largest absolute Gasteiger partial charge is 0.306 e. The summed E-state index contributed by atoms with van der Waals surface area (Å²) in [6.45, 7) is 0.815. The van der Waals surface area contributed by atoms with E-state index in [4.69, 9.17) is 0 Å². The molecule has 1 saturated heterocycles. The third-order valence-corrected chi connectivity index (χ3v) is 12.7. The Kier molecular flexibility index (Phi) is 5.34. The Labute approximate surface area is 263 Å². The summed E-state index contributed by atoms with van der Waals surface area (Å²) in [6.07, 6.45) is 0. The van der Waals surface area contributed by atoms with Crippen LogP contribution in [0.15, 0.2) is 82.6 Å². The number of nitrogens with zero attached hydrogens (tertiary/aromatic N) is 3. The van der Waals surface area contributed by atoms with Gasteiger partial charge in [0.2, 0.25) is 0 Å². The van der Waals surface area contributed by atoms with Crippen molar-refractivity contribution >= 4 is 65.9 Å². The molecule has 2 aliphatic carbocycles. The van der Waals surface area contributed by atoms with Gasteiger partial charge >= 0.3 is 0 Å². The molecule has 1 N–H and O–H groups in total. The molecule has 0 spiro atoms. The molecule has 1 unspecified atom stereocenters. The zero-order valence-electron chi connectivity index (χ0n) is 22.2. The Morgan fingerprint density at radius 2 is 1.21 bits per heavy atom. The molecule has 200 valence electrons. The van der Waals surface area contributed by atoms with Crippen molar-refractivity contribution in [2.24, 2.45) is 0 Å². The summed E-state index contributed by atoms with van der Waals surface area (Å²) in [4.78, 5) is 4.48. The number of fused-ring (bicyclic) bond motifs is 9. The van der Waals surface area contributed by atoms with Crippen molar-refractivity contribution in [3.8, 4) is 61.3 Å². The van der Waals surface area contributed by atoms with Gasteiger partial charge in [-0.05, 0) is 68.4 Å². The SMILES string of the molecule is N#CC(C#N)=C1c2cc(-c3cccs3)ccc2-c2c1sc1c3c(sc21)/C(=C(\C#N)C1CN1)c1cc(-c2cccs2)ccc1-3. The molecule has 0 amide bonds. The van der Waals surface area contributed by atoms with Gasteiger partial charge in [0, 0.05) is 48.3 Å². The van der Waals surface area contributed by atoms with E-state index in [1.54, 1.807) is 45.3 Å². The summed E-state index contributed by atoms with van der Waals surface area (Å²) < 4.78 is 2.32. The summed E-state index contributed by atoms with van der Waals surface area (Å²) in [5, 5.41) is 37.9. The van der Waals surface area contributed by atoms with Crippen molar-refractivity contribution < 1.29 is 0 Å². The number of hydrogen-bond acceptors (Lipinski definition) is 8. The first-order valence-corrected chi connectivity index (χ1v) is 17.0. The molecule has 1 fully saturated rings. The van der Waals surface area contributed by atoms with Crippen molar-refractivity contribution in [2.45, 2.75) is 6.04 Å². The van der Waals surface area contributed by atoms with Crippen LogP contribution in [0.2, 0.25) is 0 Å². The lowest BCUT2D eigenvalue weighted by Gasteiger charge is -2.08. The Morgan fingerprint density at radius 3 is 1.67 bits per heavy atom. The summed E-state index contributed by atoms with van der Waals surface area (Å²) >= 11 is 6.80. The number of nitrogens with one attached hydrogen (secondary N) is 1. The van der Waals surface area contributed by atoms with Gasteiger partial charge in [0.1, 0.15) is 17.7 Å². The van der Waals surface area contributed by atoms with Crippen LogP contribution in [0.3, 0.4) is 0 Å². The first-order chi connectivity index (χ1) is 21.2. The van der Waals surface area contributed by atoms with Crippen LogP contribution in [0.25, 0.3) is 63.7 Å². The van der Waals surface area contributed by atoms with Gasteiger partial charge in [-0.25, -0.2) is 0 Å². The molecule has 0 saturated carbocycles. The molecule has 4 aromatic heterocycles. The lowest BCUT2D eigenvalue weighted by molar-refractivity contribution is 1.15. The average molecular weight is 621 g/mol. The van der Waals surface area contributed by atoms with Crippen molar-refractivity contribution in [1.29, 1.82) is 15.8 Å². The zero-order valence-corrected chi connectivity index (χ0v) is 25.5. The van der Waals surface area contributed by atoms with Crippen molar-refractivity contribution in [3.05, 3.63) is 103 Å². The van der Waals surface area contributed by atoms with E-state index in [1.807, 2.05) is 6.07 Å². The molecule has 3 aliphatic rings. The molecule has 0 radical (unpaired) electrons. The van der Waals surface area contributed by atoms with Gasteiger partial charge in [0.15, 0.2) is 0 Å². The minimum Gasteiger partial charge on any atom is -0.306 e. The topological polar surface area (TPSA) is 93.3 Å². The summed E-state index contributed by atoms with van der Waals surface area (Å²) in [7, 11) is 0. The third-order valence-electron chi connectivity index (χ3n) is 8.32. The Morgan fingerprint density at radius 1 is 0.674 bits per heavy atom. The van der Waals surface area contributed by atoms with Gasteiger partial charge in [-0.3, -0.25) is 0 Å². The van der Waals surface area contributed by atoms with Crippen LogP contribution in [-0.2, 0) is 0 Å². The predicted molar refractivity (Wildman–Crippen MR) is 178 cm³/mol. The highest BCUT2D eigenvalue weighted by molar-refractivity contribution is 7.31. The van der Waals surface area contributed by atoms with Gasteiger partial charge < -0.3 is 5.32 Å². The van der Waals surface area contributed by atoms with Crippen LogP contribution in [-0.4, -0.2) is 12.6 Å². The average Bonchev–Trinajstić information content (AvgIpc) is 3.59. The van der Waals surface area contributed by atoms with Gasteiger partial charge in [-0.1, -0.05) is 36.4 Å². The highest BCUT2D eigenvalue weighted by atomic mass is 32.1. The van der Waals surface area contributed by atoms with Crippen LogP contribution < -0.4 is 5.32 Å². The number of allylic oxidation sites excluding steroid dienone is 1. The maximum absolute atomic E-state index is 10.4. The molecule has 1 aliphatic heterocycles.